The van der Waals surface area contributed by atoms with Crippen LogP contribution in [0.25, 0.3) is 0 Å². The molecule has 0 unspecified atom stereocenters. The average molecular weight is 253 g/mol. The zero-order chi connectivity index (χ0) is 13.7. The van der Waals surface area contributed by atoms with Gasteiger partial charge in [-0.3, -0.25) is 9.78 Å². The Morgan fingerprint density at radius 2 is 1.89 bits per heavy atom. The molecule has 1 aromatic heterocycles. The second-order valence-electron chi connectivity index (χ2n) is 4.24. The number of aryl methyl sites for hydroxylation is 1. The third kappa shape index (κ3) is 3.48. The van der Waals surface area contributed by atoms with E-state index in [1.54, 1.807) is 24.5 Å². The topological polar surface area (TPSA) is 54.4 Å². The maximum atomic E-state index is 11.8. The van der Waals surface area contributed by atoms with Crippen LogP contribution < -0.4 is 5.43 Å². The van der Waals surface area contributed by atoms with Crippen LogP contribution in [0.1, 0.15) is 28.4 Å². The van der Waals surface area contributed by atoms with Crippen LogP contribution in [0, 0.1) is 6.92 Å². The summed E-state index contributed by atoms with van der Waals surface area (Å²) in [7, 11) is 0. The Hall–Kier alpha value is -2.49. The van der Waals surface area contributed by atoms with Crippen LogP contribution in [-0.4, -0.2) is 16.6 Å². The normalized spacial score (nSPS) is 11.2. The number of hydrazone groups is 1. The average Bonchev–Trinajstić information content (AvgIpc) is 2.45. The summed E-state index contributed by atoms with van der Waals surface area (Å²) in [6.07, 6.45) is 3.15. The van der Waals surface area contributed by atoms with E-state index in [-0.39, 0.29) is 5.91 Å². The summed E-state index contributed by atoms with van der Waals surface area (Å²) in [6, 6.07) is 11.3. The van der Waals surface area contributed by atoms with Gasteiger partial charge in [0.2, 0.25) is 0 Å². The molecule has 1 aromatic carbocycles. The fraction of sp³-hybridized carbons (Fsp3) is 0.133. The maximum Gasteiger partial charge on any atom is 0.271 e. The van der Waals surface area contributed by atoms with Gasteiger partial charge in [-0.05, 0) is 31.5 Å². The summed E-state index contributed by atoms with van der Waals surface area (Å²) in [6.45, 7) is 3.88. The highest BCUT2D eigenvalue weighted by atomic mass is 16.2. The van der Waals surface area contributed by atoms with E-state index in [9.17, 15) is 4.79 Å². The highest BCUT2D eigenvalue weighted by Gasteiger charge is 2.03. The van der Waals surface area contributed by atoms with Crippen molar-refractivity contribution < 1.29 is 4.79 Å². The smallest absolute Gasteiger partial charge is 0.267 e. The van der Waals surface area contributed by atoms with Crippen LogP contribution in [0.15, 0.2) is 53.9 Å². The van der Waals surface area contributed by atoms with Gasteiger partial charge < -0.3 is 0 Å². The fourth-order valence-corrected chi connectivity index (χ4v) is 1.64. The van der Waals surface area contributed by atoms with E-state index in [1.165, 1.54) is 0 Å². The van der Waals surface area contributed by atoms with Crippen LogP contribution in [0.5, 0.6) is 0 Å². The molecule has 0 fully saturated rings. The largest absolute Gasteiger partial charge is 0.271 e. The molecule has 4 nitrogen and oxygen atoms in total. The minimum absolute atomic E-state index is 0.241. The maximum absolute atomic E-state index is 11.8. The quantitative estimate of drug-likeness (QED) is 0.675. The zero-order valence-corrected chi connectivity index (χ0v) is 10.9. The summed E-state index contributed by atoms with van der Waals surface area (Å²) in [5.74, 6) is -0.241. The van der Waals surface area contributed by atoms with Gasteiger partial charge in [-0.15, -0.1) is 0 Å². The first kappa shape index (κ1) is 13.0. The van der Waals surface area contributed by atoms with Crippen molar-refractivity contribution >= 4 is 11.6 Å². The molecule has 1 amide bonds. The van der Waals surface area contributed by atoms with E-state index in [1.807, 2.05) is 38.1 Å². The molecule has 0 aliphatic carbocycles. The lowest BCUT2D eigenvalue weighted by molar-refractivity contribution is 0.0954. The Morgan fingerprint density at radius 3 is 2.58 bits per heavy atom. The Morgan fingerprint density at radius 1 is 1.16 bits per heavy atom. The predicted molar refractivity (Wildman–Crippen MR) is 75.1 cm³/mol. The molecule has 0 bridgehead atoms. The monoisotopic (exact) mass is 253 g/mol. The molecule has 0 aliphatic rings. The van der Waals surface area contributed by atoms with Gasteiger partial charge >= 0.3 is 0 Å². The van der Waals surface area contributed by atoms with Crippen LogP contribution in [0.2, 0.25) is 0 Å². The number of carbonyl (C=O) groups excluding carboxylic acids is 1. The van der Waals surface area contributed by atoms with Crippen molar-refractivity contribution in [2.24, 2.45) is 5.10 Å². The minimum Gasteiger partial charge on any atom is -0.267 e. The fourth-order valence-electron chi connectivity index (χ4n) is 1.64. The van der Waals surface area contributed by atoms with Crippen molar-refractivity contribution in [3.63, 3.8) is 0 Å². The molecular formula is C15H15N3O. The molecule has 1 N–H and O–H groups in total. The number of hydrogen-bond acceptors (Lipinski definition) is 3. The van der Waals surface area contributed by atoms with Gasteiger partial charge in [0.25, 0.3) is 5.91 Å². The molecule has 0 radical (unpaired) electrons. The first-order chi connectivity index (χ1) is 9.16. The number of nitrogens with one attached hydrogen (secondary N) is 1. The zero-order valence-electron chi connectivity index (χ0n) is 10.9. The number of carbonyl (C=O) groups is 1. The highest BCUT2D eigenvalue weighted by molar-refractivity contribution is 6.00. The molecule has 19 heavy (non-hydrogen) atoms. The summed E-state index contributed by atoms with van der Waals surface area (Å²) in [5, 5.41) is 4.11. The van der Waals surface area contributed by atoms with Gasteiger partial charge in [-0.25, -0.2) is 5.43 Å². The standard InChI is InChI=1S/C15H15N3O/c1-11-4-3-5-14(10-11)12(2)17-18-15(19)13-6-8-16-9-7-13/h3-10H,1-2H3,(H,18,19)/b17-12+. The Labute approximate surface area is 112 Å². The second-order valence-corrected chi connectivity index (χ2v) is 4.24. The molecule has 2 rings (SSSR count). The van der Waals surface area contributed by atoms with Gasteiger partial charge in [-0.2, -0.15) is 5.10 Å². The van der Waals surface area contributed by atoms with E-state index in [4.69, 9.17) is 0 Å². The third-order valence-corrected chi connectivity index (χ3v) is 2.70. The van der Waals surface area contributed by atoms with E-state index in [0.717, 1.165) is 16.8 Å². The number of hydrogen-bond donors (Lipinski definition) is 1. The van der Waals surface area contributed by atoms with Gasteiger partial charge in [0, 0.05) is 18.0 Å². The molecule has 0 spiro atoms. The minimum atomic E-state index is -0.241. The third-order valence-electron chi connectivity index (χ3n) is 2.70. The van der Waals surface area contributed by atoms with Crippen molar-refractivity contribution in [2.45, 2.75) is 13.8 Å². The van der Waals surface area contributed by atoms with E-state index in [2.05, 4.69) is 15.5 Å². The summed E-state index contributed by atoms with van der Waals surface area (Å²) < 4.78 is 0. The second kappa shape index (κ2) is 5.91. The SMILES string of the molecule is C/C(=N\NC(=O)c1ccncc1)c1cccc(C)c1. The van der Waals surface area contributed by atoms with Gasteiger partial charge in [0.15, 0.2) is 0 Å². The molecule has 0 saturated heterocycles. The molecule has 96 valence electrons. The Balaban J connectivity index is 2.09. The highest BCUT2D eigenvalue weighted by Crippen LogP contribution is 2.05. The summed E-state index contributed by atoms with van der Waals surface area (Å²) >= 11 is 0. The lowest BCUT2D eigenvalue weighted by Gasteiger charge is -2.03. The first-order valence-electron chi connectivity index (χ1n) is 5.98. The molecule has 1 heterocycles. The molecular weight excluding hydrogens is 238 g/mol. The van der Waals surface area contributed by atoms with E-state index < -0.39 is 0 Å². The predicted octanol–water partition coefficient (Wildman–Crippen LogP) is 2.54. The van der Waals surface area contributed by atoms with Crippen molar-refractivity contribution in [1.29, 1.82) is 0 Å². The van der Waals surface area contributed by atoms with Crippen LogP contribution in [0.4, 0.5) is 0 Å². The summed E-state index contributed by atoms with van der Waals surface area (Å²) in [4.78, 5) is 15.7. The molecule has 2 aromatic rings. The van der Waals surface area contributed by atoms with Crippen molar-refractivity contribution in [3.8, 4) is 0 Å². The molecule has 4 heteroatoms. The van der Waals surface area contributed by atoms with E-state index >= 15 is 0 Å². The van der Waals surface area contributed by atoms with Crippen molar-refractivity contribution in [3.05, 3.63) is 65.5 Å². The number of nitrogens with zero attached hydrogens (tertiary/aromatic N) is 2. The number of aromatic nitrogens is 1. The lowest BCUT2D eigenvalue weighted by Crippen LogP contribution is -2.19. The number of benzene rings is 1. The van der Waals surface area contributed by atoms with Crippen LogP contribution in [0.3, 0.4) is 0 Å². The van der Waals surface area contributed by atoms with Gasteiger partial charge in [-0.1, -0.05) is 29.8 Å². The summed E-state index contributed by atoms with van der Waals surface area (Å²) in [5.41, 5.74) is 6.00. The molecule has 0 aliphatic heterocycles. The number of amides is 1. The van der Waals surface area contributed by atoms with Crippen LogP contribution in [-0.2, 0) is 0 Å². The Kier molecular flexibility index (Phi) is 4.03. The first-order valence-corrected chi connectivity index (χ1v) is 5.98. The molecule has 0 atom stereocenters. The van der Waals surface area contributed by atoms with Crippen molar-refractivity contribution in [2.75, 3.05) is 0 Å². The lowest BCUT2D eigenvalue weighted by atomic mass is 10.1. The number of pyridine rings is 1. The van der Waals surface area contributed by atoms with E-state index in [0.29, 0.717) is 5.56 Å². The van der Waals surface area contributed by atoms with Gasteiger partial charge in [0.1, 0.15) is 0 Å². The Bertz CT molecular complexity index is 606. The van der Waals surface area contributed by atoms with Crippen LogP contribution >= 0.6 is 0 Å². The van der Waals surface area contributed by atoms with Crippen molar-refractivity contribution in [1.82, 2.24) is 10.4 Å². The van der Waals surface area contributed by atoms with Gasteiger partial charge in [0.05, 0.1) is 5.71 Å². The number of rotatable bonds is 3. The molecule has 0 saturated carbocycles.